The van der Waals surface area contributed by atoms with Crippen LogP contribution in [0.2, 0.25) is 5.02 Å². The predicted octanol–water partition coefficient (Wildman–Crippen LogP) is 2.75. The minimum Gasteiger partial charge on any atom is -0.491 e. The van der Waals surface area contributed by atoms with Crippen molar-refractivity contribution in [3.8, 4) is 5.75 Å². The zero-order valence-electron chi connectivity index (χ0n) is 11.6. The minimum atomic E-state index is 0.690. The van der Waals surface area contributed by atoms with Gasteiger partial charge in [-0.1, -0.05) is 30.7 Å². The van der Waals surface area contributed by atoms with Crippen molar-refractivity contribution in [2.45, 2.75) is 13.3 Å². The highest BCUT2D eigenvalue weighted by molar-refractivity contribution is 6.32. The lowest BCUT2D eigenvalue weighted by Crippen LogP contribution is -2.47. The van der Waals surface area contributed by atoms with Crippen LogP contribution in [0.3, 0.4) is 0 Å². The molecule has 0 bridgehead atoms. The number of para-hydroxylation sites is 1. The summed E-state index contributed by atoms with van der Waals surface area (Å²) in [7, 11) is 0. The predicted molar refractivity (Wildman–Crippen MR) is 80.1 cm³/mol. The topological polar surface area (TPSA) is 15.7 Å². The third kappa shape index (κ3) is 4.68. The number of halogens is 1. The van der Waals surface area contributed by atoms with E-state index < -0.39 is 0 Å². The molecule has 1 fully saturated rings. The molecule has 0 N–H and O–H groups in total. The second-order valence-electron chi connectivity index (χ2n) is 4.96. The second-order valence-corrected chi connectivity index (χ2v) is 5.37. The third-order valence-corrected chi connectivity index (χ3v) is 3.82. The first-order valence-corrected chi connectivity index (χ1v) is 7.49. The summed E-state index contributed by atoms with van der Waals surface area (Å²) in [5, 5.41) is 0.690. The summed E-state index contributed by atoms with van der Waals surface area (Å²) in [4.78, 5) is 4.99. The molecule has 19 heavy (non-hydrogen) atoms. The first-order chi connectivity index (χ1) is 9.29. The zero-order chi connectivity index (χ0) is 13.5. The Kier molecular flexibility index (Phi) is 5.95. The van der Waals surface area contributed by atoms with Crippen LogP contribution >= 0.6 is 11.6 Å². The maximum atomic E-state index is 6.05. The van der Waals surface area contributed by atoms with Gasteiger partial charge in [0.1, 0.15) is 12.4 Å². The molecule has 0 spiro atoms. The van der Waals surface area contributed by atoms with Gasteiger partial charge in [0.2, 0.25) is 0 Å². The van der Waals surface area contributed by atoms with Crippen molar-refractivity contribution in [2.75, 3.05) is 45.9 Å². The average molecular weight is 283 g/mol. The molecule has 1 heterocycles. The lowest BCUT2D eigenvalue weighted by molar-refractivity contribution is 0.117. The fourth-order valence-corrected chi connectivity index (χ4v) is 2.59. The lowest BCUT2D eigenvalue weighted by atomic mass is 10.3. The van der Waals surface area contributed by atoms with Crippen LogP contribution < -0.4 is 4.74 Å². The standard InChI is InChI=1S/C15H23ClN2O/c1-2-7-17-8-10-18(11-9-17)12-13-19-15-6-4-3-5-14(15)16/h3-6H,2,7-13H2,1H3. The van der Waals surface area contributed by atoms with Gasteiger partial charge in [0.05, 0.1) is 5.02 Å². The van der Waals surface area contributed by atoms with Gasteiger partial charge in [0, 0.05) is 32.7 Å². The second kappa shape index (κ2) is 7.73. The number of hydrogen-bond donors (Lipinski definition) is 0. The molecule has 1 aliphatic heterocycles. The molecule has 0 amide bonds. The van der Waals surface area contributed by atoms with Gasteiger partial charge in [0.25, 0.3) is 0 Å². The van der Waals surface area contributed by atoms with Gasteiger partial charge in [-0.05, 0) is 25.1 Å². The number of nitrogens with zero attached hydrogens (tertiary/aromatic N) is 2. The van der Waals surface area contributed by atoms with Crippen LogP contribution in [0.4, 0.5) is 0 Å². The Balaban J connectivity index is 1.66. The number of piperazine rings is 1. The van der Waals surface area contributed by atoms with Crippen molar-refractivity contribution in [3.05, 3.63) is 29.3 Å². The smallest absolute Gasteiger partial charge is 0.137 e. The van der Waals surface area contributed by atoms with Crippen molar-refractivity contribution < 1.29 is 4.74 Å². The summed E-state index contributed by atoms with van der Waals surface area (Å²) in [5.74, 6) is 0.786. The van der Waals surface area contributed by atoms with Crippen LogP contribution in [0.5, 0.6) is 5.75 Å². The number of hydrogen-bond acceptors (Lipinski definition) is 3. The first kappa shape index (κ1) is 14.6. The SMILES string of the molecule is CCCN1CCN(CCOc2ccccc2Cl)CC1. The molecule has 4 heteroatoms. The molecular formula is C15H23ClN2O. The van der Waals surface area contributed by atoms with Crippen molar-refractivity contribution in [3.63, 3.8) is 0 Å². The van der Waals surface area contributed by atoms with Crippen molar-refractivity contribution >= 4 is 11.6 Å². The Morgan fingerprint density at radius 1 is 1.05 bits per heavy atom. The summed E-state index contributed by atoms with van der Waals surface area (Å²) in [6.07, 6.45) is 1.25. The summed E-state index contributed by atoms with van der Waals surface area (Å²) >= 11 is 6.05. The highest BCUT2D eigenvalue weighted by Crippen LogP contribution is 2.22. The molecule has 0 unspecified atom stereocenters. The minimum absolute atomic E-state index is 0.690. The molecule has 1 aliphatic rings. The van der Waals surface area contributed by atoms with E-state index in [-0.39, 0.29) is 0 Å². The summed E-state index contributed by atoms with van der Waals surface area (Å²) in [6.45, 7) is 9.80. The van der Waals surface area contributed by atoms with Gasteiger partial charge in [-0.2, -0.15) is 0 Å². The van der Waals surface area contributed by atoms with E-state index in [1.54, 1.807) is 0 Å². The van der Waals surface area contributed by atoms with Gasteiger partial charge in [-0.3, -0.25) is 4.90 Å². The van der Waals surface area contributed by atoms with Crippen molar-refractivity contribution in [1.29, 1.82) is 0 Å². The van der Waals surface area contributed by atoms with Crippen LogP contribution in [0.25, 0.3) is 0 Å². The maximum absolute atomic E-state index is 6.05. The molecule has 3 nitrogen and oxygen atoms in total. The van der Waals surface area contributed by atoms with Crippen LogP contribution in [0.15, 0.2) is 24.3 Å². The fourth-order valence-electron chi connectivity index (χ4n) is 2.40. The largest absolute Gasteiger partial charge is 0.491 e. The summed E-state index contributed by atoms with van der Waals surface area (Å²) in [5.41, 5.74) is 0. The van der Waals surface area contributed by atoms with Crippen LogP contribution in [0.1, 0.15) is 13.3 Å². The molecule has 2 rings (SSSR count). The van der Waals surface area contributed by atoms with Gasteiger partial charge >= 0.3 is 0 Å². The molecule has 0 atom stereocenters. The van der Waals surface area contributed by atoms with E-state index >= 15 is 0 Å². The highest BCUT2D eigenvalue weighted by atomic mass is 35.5. The molecule has 0 aromatic heterocycles. The Morgan fingerprint density at radius 3 is 2.32 bits per heavy atom. The quantitative estimate of drug-likeness (QED) is 0.798. The highest BCUT2D eigenvalue weighted by Gasteiger charge is 2.15. The summed E-state index contributed by atoms with van der Waals surface area (Å²) in [6, 6.07) is 7.65. The normalized spacial score (nSPS) is 17.6. The van der Waals surface area contributed by atoms with Crippen LogP contribution in [-0.4, -0.2) is 55.7 Å². The molecule has 106 valence electrons. The summed E-state index contributed by atoms with van der Waals surface area (Å²) < 4.78 is 5.73. The molecule has 1 aromatic carbocycles. The molecule has 0 aliphatic carbocycles. The average Bonchev–Trinajstić information content (AvgIpc) is 2.43. The van der Waals surface area contributed by atoms with E-state index in [0.29, 0.717) is 11.6 Å². The molecule has 1 saturated heterocycles. The van der Waals surface area contributed by atoms with Gasteiger partial charge in [-0.25, -0.2) is 0 Å². The zero-order valence-corrected chi connectivity index (χ0v) is 12.4. The van der Waals surface area contributed by atoms with Crippen LogP contribution in [0, 0.1) is 0 Å². The third-order valence-electron chi connectivity index (χ3n) is 3.51. The van der Waals surface area contributed by atoms with E-state index in [1.165, 1.54) is 26.1 Å². The van der Waals surface area contributed by atoms with E-state index in [1.807, 2.05) is 24.3 Å². The van der Waals surface area contributed by atoms with Crippen LogP contribution in [-0.2, 0) is 0 Å². The van der Waals surface area contributed by atoms with Gasteiger partial charge in [0.15, 0.2) is 0 Å². The Labute approximate surface area is 121 Å². The van der Waals surface area contributed by atoms with E-state index in [9.17, 15) is 0 Å². The number of ether oxygens (including phenoxy) is 1. The first-order valence-electron chi connectivity index (χ1n) is 7.11. The van der Waals surface area contributed by atoms with E-state index in [2.05, 4.69) is 16.7 Å². The Bertz CT molecular complexity index is 378. The van der Waals surface area contributed by atoms with Gasteiger partial charge in [-0.15, -0.1) is 0 Å². The lowest BCUT2D eigenvalue weighted by Gasteiger charge is -2.34. The molecular weight excluding hydrogens is 260 g/mol. The molecule has 0 radical (unpaired) electrons. The van der Waals surface area contributed by atoms with Crippen molar-refractivity contribution in [2.24, 2.45) is 0 Å². The number of rotatable bonds is 6. The monoisotopic (exact) mass is 282 g/mol. The Morgan fingerprint density at radius 2 is 1.68 bits per heavy atom. The molecule has 0 saturated carbocycles. The van der Waals surface area contributed by atoms with Crippen molar-refractivity contribution in [1.82, 2.24) is 9.80 Å². The maximum Gasteiger partial charge on any atom is 0.137 e. The van der Waals surface area contributed by atoms with E-state index in [4.69, 9.17) is 16.3 Å². The number of benzene rings is 1. The molecule has 1 aromatic rings. The fraction of sp³-hybridized carbons (Fsp3) is 0.600. The van der Waals surface area contributed by atoms with Gasteiger partial charge < -0.3 is 9.64 Å². The van der Waals surface area contributed by atoms with E-state index in [0.717, 1.165) is 25.4 Å². The Hall–Kier alpha value is -0.770.